The minimum absolute atomic E-state index is 0.262. The number of aliphatic carboxylic acids is 2. The number of hydrogen-bond donors (Lipinski definition) is 2. The second-order valence-corrected chi connectivity index (χ2v) is 16.5. The van der Waals surface area contributed by atoms with Crippen molar-refractivity contribution in [2.45, 2.75) is 131 Å². The SMILES string of the molecule is CC(=O)O.CC(=O)O.CC(C)P(C(C)C)C(C)C.CC(C)P(C(C)C)C(C)C. The normalized spacial score (nSPS) is 10.8. The van der Waals surface area contributed by atoms with E-state index in [4.69, 9.17) is 19.8 Å². The maximum atomic E-state index is 9.00. The van der Waals surface area contributed by atoms with Gasteiger partial charge in [-0.1, -0.05) is 98.9 Å². The summed E-state index contributed by atoms with van der Waals surface area (Å²) in [4.78, 5) is 18.0. The van der Waals surface area contributed by atoms with E-state index in [0.29, 0.717) is 0 Å². The van der Waals surface area contributed by atoms with Gasteiger partial charge >= 0.3 is 0 Å². The van der Waals surface area contributed by atoms with Gasteiger partial charge in [0, 0.05) is 13.8 Å². The van der Waals surface area contributed by atoms with E-state index in [1.165, 1.54) is 0 Å². The smallest absolute Gasteiger partial charge is 0.300 e. The van der Waals surface area contributed by atoms with Crippen LogP contribution in [0.5, 0.6) is 0 Å². The quantitative estimate of drug-likeness (QED) is 0.418. The summed E-state index contributed by atoms with van der Waals surface area (Å²) in [5.74, 6) is -1.67. The average Bonchev–Trinajstić information content (AvgIpc) is 2.33. The molecule has 0 spiro atoms. The summed E-state index contributed by atoms with van der Waals surface area (Å²) in [5.41, 5.74) is 5.39. The highest BCUT2D eigenvalue weighted by atomic mass is 31.1. The second-order valence-electron chi connectivity index (χ2n) is 8.49. The van der Waals surface area contributed by atoms with Gasteiger partial charge in [-0.25, -0.2) is 0 Å². The van der Waals surface area contributed by atoms with Gasteiger partial charge in [0.25, 0.3) is 11.9 Å². The number of hydrogen-bond acceptors (Lipinski definition) is 2. The molecule has 0 saturated heterocycles. The minimum Gasteiger partial charge on any atom is -0.481 e. The van der Waals surface area contributed by atoms with Gasteiger partial charge in [0.05, 0.1) is 0 Å². The van der Waals surface area contributed by atoms with E-state index in [1.807, 2.05) is 0 Å². The predicted molar refractivity (Wildman–Crippen MR) is 131 cm³/mol. The minimum atomic E-state index is -0.833. The second kappa shape index (κ2) is 20.1. The monoisotopic (exact) mass is 440 g/mol. The van der Waals surface area contributed by atoms with E-state index in [2.05, 4.69) is 83.1 Å². The Morgan fingerprint density at radius 2 is 0.536 bits per heavy atom. The fraction of sp³-hybridized carbons (Fsp3) is 0.909. The molecule has 2 N–H and O–H groups in total. The summed E-state index contributed by atoms with van der Waals surface area (Å²) in [6, 6.07) is 0. The third-order valence-electron chi connectivity index (χ3n) is 3.58. The van der Waals surface area contributed by atoms with Crippen LogP contribution < -0.4 is 0 Å². The van der Waals surface area contributed by atoms with Crippen LogP contribution in [0.3, 0.4) is 0 Å². The third-order valence-corrected chi connectivity index (χ3v) is 10.7. The molecule has 0 aromatic heterocycles. The van der Waals surface area contributed by atoms with Gasteiger partial charge in [-0.15, -0.1) is 0 Å². The van der Waals surface area contributed by atoms with E-state index in [0.717, 1.165) is 47.8 Å². The van der Waals surface area contributed by atoms with E-state index in [-0.39, 0.29) is 15.8 Å². The predicted octanol–water partition coefficient (Wildman–Crippen LogP) is 7.57. The van der Waals surface area contributed by atoms with Gasteiger partial charge in [0.2, 0.25) is 0 Å². The zero-order valence-electron chi connectivity index (χ0n) is 21.1. The van der Waals surface area contributed by atoms with Gasteiger partial charge < -0.3 is 10.2 Å². The van der Waals surface area contributed by atoms with Gasteiger partial charge in [-0.3, -0.25) is 9.59 Å². The summed E-state index contributed by atoms with van der Waals surface area (Å²) in [7, 11) is 0.525. The molecule has 0 aromatic carbocycles. The van der Waals surface area contributed by atoms with Crippen molar-refractivity contribution in [2.75, 3.05) is 0 Å². The number of carboxylic acid groups (broad SMARTS) is 2. The van der Waals surface area contributed by atoms with Crippen LogP contribution in [0.4, 0.5) is 0 Å². The first kappa shape index (κ1) is 35.3. The molecule has 0 amide bonds. The molecule has 0 aromatic rings. The molecule has 0 bridgehead atoms. The Balaban J connectivity index is -0.000000150. The highest BCUT2D eigenvalue weighted by Gasteiger charge is 2.20. The van der Waals surface area contributed by atoms with Crippen LogP contribution in [0.15, 0.2) is 0 Å². The lowest BCUT2D eigenvalue weighted by Gasteiger charge is -2.29. The van der Waals surface area contributed by atoms with Crippen molar-refractivity contribution in [1.29, 1.82) is 0 Å². The average molecular weight is 441 g/mol. The van der Waals surface area contributed by atoms with Gasteiger partial charge in [0.1, 0.15) is 0 Å². The van der Waals surface area contributed by atoms with Crippen molar-refractivity contribution in [3.63, 3.8) is 0 Å². The topological polar surface area (TPSA) is 74.6 Å². The summed E-state index contributed by atoms with van der Waals surface area (Å²) in [6.07, 6.45) is 0. The van der Waals surface area contributed by atoms with Crippen LogP contribution >= 0.6 is 15.8 Å². The summed E-state index contributed by atoms with van der Waals surface area (Å²) in [6.45, 7) is 30.4. The molecule has 28 heavy (non-hydrogen) atoms. The maximum absolute atomic E-state index is 9.00. The van der Waals surface area contributed by atoms with Crippen LogP contribution in [0.1, 0.15) is 96.9 Å². The van der Waals surface area contributed by atoms with E-state index >= 15 is 0 Å². The molecule has 0 aliphatic heterocycles. The molecule has 0 unspecified atom stereocenters. The Morgan fingerprint density at radius 3 is 0.536 bits per heavy atom. The third kappa shape index (κ3) is 28.0. The molecule has 0 aliphatic rings. The Bertz CT molecular complexity index is 297. The van der Waals surface area contributed by atoms with Crippen molar-refractivity contribution in [2.24, 2.45) is 0 Å². The first-order chi connectivity index (χ1) is 12.4. The molecule has 0 rings (SSSR count). The summed E-state index contributed by atoms with van der Waals surface area (Å²) in [5, 5.41) is 14.8. The highest BCUT2D eigenvalue weighted by molar-refractivity contribution is 7.60. The van der Waals surface area contributed by atoms with Gasteiger partial charge in [0.15, 0.2) is 0 Å². The molecular formula is C22H50O4P2. The molecule has 172 valence electrons. The first-order valence-electron chi connectivity index (χ1n) is 10.3. The maximum Gasteiger partial charge on any atom is 0.300 e. The fourth-order valence-electron chi connectivity index (χ4n) is 3.58. The summed E-state index contributed by atoms with van der Waals surface area (Å²) >= 11 is 0. The highest BCUT2D eigenvalue weighted by Crippen LogP contribution is 2.50. The lowest BCUT2D eigenvalue weighted by Crippen LogP contribution is -2.10. The molecular weight excluding hydrogens is 390 g/mol. The molecule has 0 heterocycles. The zero-order valence-corrected chi connectivity index (χ0v) is 22.9. The van der Waals surface area contributed by atoms with Crippen LogP contribution in [0, 0.1) is 0 Å². The first-order valence-corrected chi connectivity index (χ1v) is 13.4. The largest absolute Gasteiger partial charge is 0.481 e. The Kier molecular flexibility index (Phi) is 25.3. The Morgan fingerprint density at radius 1 is 0.464 bits per heavy atom. The molecule has 0 radical (unpaired) electrons. The fourth-order valence-corrected chi connectivity index (χ4v) is 10.7. The Hall–Kier alpha value is -0.200. The van der Waals surface area contributed by atoms with Crippen molar-refractivity contribution in [3.8, 4) is 0 Å². The number of carboxylic acids is 2. The van der Waals surface area contributed by atoms with E-state index in [9.17, 15) is 0 Å². The summed E-state index contributed by atoms with van der Waals surface area (Å²) < 4.78 is 0. The molecule has 0 fully saturated rings. The molecule has 6 heteroatoms. The van der Waals surface area contributed by atoms with Gasteiger partial charge in [-0.05, 0) is 34.0 Å². The lowest BCUT2D eigenvalue weighted by atomic mass is 10.5. The lowest BCUT2D eigenvalue weighted by molar-refractivity contribution is -0.135. The Labute approximate surface area is 178 Å². The van der Waals surface area contributed by atoms with Gasteiger partial charge in [-0.2, -0.15) is 0 Å². The molecule has 0 atom stereocenters. The molecule has 4 nitrogen and oxygen atoms in total. The number of carbonyl (C=O) groups is 2. The number of rotatable bonds is 6. The van der Waals surface area contributed by atoms with Crippen molar-refractivity contribution < 1.29 is 19.8 Å². The van der Waals surface area contributed by atoms with E-state index in [1.54, 1.807) is 0 Å². The van der Waals surface area contributed by atoms with Crippen molar-refractivity contribution in [3.05, 3.63) is 0 Å². The molecule has 0 saturated carbocycles. The standard InChI is InChI=1S/2C9H21P.2C2H4O2/c2*1-7(2)10(8(3)4)9(5)6;2*1-2(3)4/h2*7-9H,1-6H3;2*1H3,(H,3,4). The van der Waals surface area contributed by atoms with Crippen molar-refractivity contribution >= 4 is 27.8 Å². The van der Waals surface area contributed by atoms with Crippen LogP contribution in [0.2, 0.25) is 0 Å². The zero-order chi connectivity index (χ0) is 23.8. The van der Waals surface area contributed by atoms with Crippen LogP contribution in [-0.4, -0.2) is 56.1 Å². The molecule has 0 aliphatic carbocycles. The van der Waals surface area contributed by atoms with E-state index < -0.39 is 11.9 Å². The van der Waals surface area contributed by atoms with Crippen LogP contribution in [0.25, 0.3) is 0 Å². The van der Waals surface area contributed by atoms with Crippen molar-refractivity contribution in [1.82, 2.24) is 0 Å². The van der Waals surface area contributed by atoms with Crippen LogP contribution in [-0.2, 0) is 9.59 Å².